The molecule has 4 rings (SSSR count). The van der Waals surface area contributed by atoms with Gasteiger partial charge in [-0.1, -0.05) is 30.3 Å². The Balaban J connectivity index is 0.00000110. The first-order valence-electron chi connectivity index (χ1n) is 6.05. The van der Waals surface area contributed by atoms with Crippen molar-refractivity contribution in [3.8, 4) is 0 Å². The maximum absolute atomic E-state index is 2.22. The van der Waals surface area contributed by atoms with E-state index >= 15 is 0 Å². The molecule has 0 unspecified atom stereocenters. The molecule has 3 heterocycles. The van der Waals surface area contributed by atoms with Crippen molar-refractivity contribution in [3.05, 3.63) is 71.7 Å². The topological polar surface area (TPSA) is 7.94 Å². The summed E-state index contributed by atoms with van der Waals surface area (Å²) in [5.74, 6) is 0. The lowest BCUT2D eigenvalue weighted by atomic mass is 9.97. The fourth-order valence-corrected chi connectivity index (χ4v) is 2.48. The van der Waals surface area contributed by atoms with E-state index in [1.165, 1.54) is 22.5 Å². The zero-order valence-corrected chi connectivity index (χ0v) is 11.0. The van der Waals surface area contributed by atoms with E-state index in [9.17, 15) is 0 Å². The monoisotopic (exact) mass is 266 g/mol. The second-order valence-corrected chi connectivity index (χ2v) is 4.49. The molecule has 2 aliphatic heterocycles. The summed E-state index contributed by atoms with van der Waals surface area (Å²) in [5, 5.41) is 0. The first kappa shape index (κ1) is 12.1. The van der Waals surface area contributed by atoms with Gasteiger partial charge in [-0.05, 0) is 23.9 Å². The molecule has 0 spiro atoms. The van der Waals surface area contributed by atoms with Gasteiger partial charge in [0.2, 0.25) is 0 Å². The Bertz CT molecular complexity index is 711. The molecular formula is C15H12BClN2+. The Morgan fingerprint density at radius 1 is 1.00 bits per heavy atom. The van der Waals surface area contributed by atoms with Crippen LogP contribution in [0.5, 0.6) is 0 Å². The van der Waals surface area contributed by atoms with E-state index in [2.05, 4.69) is 77.5 Å². The number of hydrogen-bond donors (Lipinski definition) is 0. The summed E-state index contributed by atoms with van der Waals surface area (Å²) in [6, 6.07) is 14.7. The molecule has 19 heavy (non-hydrogen) atoms. The first-order chi connectivity index (χ1) is 8.92. The van der Waals surface area contributed by atoms with E-state index < -0.39 is 0 Å². The molecular weight excluding hydrogens is 254 g/mol. The molecule has 4 heteroatoms. The predicted octanol–water partition coefficient (Wildman–Crippen LogP) is 2.83. The molecule has 1 aromatic heterocycles. The van der Waals surface area contributed by atoms with Crippen LogP contribution in [0, 0.1) is 0 Å². The number of benzene rings is 1. The van der Waals surface area contributed by atoms with Gasteiger partial charge in [-0.3, -0.25) is 4.49 Å². The van der Waals surface area contributed by atoms with Crippen molar-refractivity contribution in [2.75, 3.05) is 0 Å². The SMILES string of the molecule is Cl.[B]1n2cccc2C=C2C(c3ccccc3)=CC=[N+]12. The number of fused-ring (bicyclic) bond motifs is 2. The van der Waals surface area contributed by atoms with Gasteiger partial charge in [0.1, 0.15) is 6.21 Å². The van der Waals surface area contributed by atoms with E-state index in [4.69, 9.17) is 0 Å². The van der Waals surface area contributed by atoms with Gasteiger partial charge >= 0.3 is 7.55 Å². The molecule has 1 aromatic carbocycles. The van der Waals surface area contributed by atoms with Crippen LogP contribution in [0.25, 0.3) is 11.6 Å². The molecule has 0 atom stereocenters. The Labute approximate surface area is 119 Å². The normalized spacial score (nSPS) is 15.3. The van der Waals surface area contributed by atoms with Crippen LogP contribution >= 0.6 is 12.4 Å². The van der Waals surface area contributed by atoms with Gasteiger partial charge in [0.25, 0.3) is 0 Å². The minimum atomic E-state index is 0. The van der Waals surface area contributed by atoms with Crippen molar-refractivity contribution >= 4 is 37.8 Å². The highest BCUT2D eigenvalue weighted by atomic mass is 35.5. The van der Waals surface area contributed by atoms with Crippen molar-refractivity contribution in [3.63, 3.8) is 0 Å². The third-order valence-electron chi connectivity index (χ3n) is 3.39. The summed E-state index contributed by atoms with van der Waals surface area (Å²) in [5.41, 5.74) is 5.00. The number of allylic oxidation sites excluding steroid dienone is 2. The summed E-state index contributed by atoms with van der Waals surface area (Å²) in [6.07, 6.45) is 8.57. The lowest BCUT2D eigenvalue weighted by Gasteiger charge is -2.11. The fourth-order valence-electron chi connectivity index (χ4n) is 2.48. The van der Waals surface area contributed by atoms with Crippen LogP contribution in [0.4, 0.5) is 0 Å². The average Bonchev–Trinajstić information content (AvgIpc) is 3.02. The Hall–Kier alpha value is -2.00. The average molecular weight is 267 g/mol. The molecule has 0 saturated heterocycles. The quantitative estimate of drug-likeness (QED) is 0.701. The van der Waals surface area contributed by atoms with Crippen molar-refractivity contribution in [1.82, 2.24) is 4.48 Å². The van der Waals surface area contributed by atoms with Crippen molar-refractivity contribution in [2.24, 2.45) is 0 Å². The highest BCUT2D eigenvalue weighted by molar-refractivity contribution is 6.28. The smallest absolute Gasteiger partial charge is 0.325 e. The molecule has 91 valence electrons. The van der Waals surface area contributed by atoms with Crippen LogP contribution < -0.4 is 0 Å². The molecule has 2 nitrogen and oxygen atoms in total. The molecule has 0 bridgehead atoms. The third-order valence-corrected chi connectivity index (χ3v) is 3.39. The Morgan fingerprint density at radius 3 is 2.68 bits per heavy atom. The third kappa shape index (κ3) is 1.87. The van der Waals surface area contributed by atoms with Crippen molar-refractivity contribution < 1.29 is 4.49 Å². The van der Waals surface area contributed by atoms with E-state index in [1.807, 2.05) is 6.07 Å². The van der Waals surface area contributed by atoms with Gasteiger partial charge in [-0.2, -0.15) is 0 Å². The van der Waals surface area contributed by atoms with Crippen LogP contribution in [0.15, 0.2) is 60.4 Å². The maximum Gasteiger partial charge on any atom is 0.699 e. The van der Waals surface area contributed by atoms with E-state index in [1.54, 1.807) is 0 Å². The molecule has 2 aromatic rings. The number of rotatable bonds is 1. The zero-order chi connectivity index (χ0) is 11.9. The lowest BCUT2D eigenvalue weighted by Crippen LogP contribution is -2.26. The number of aromatic nitrogens is 1. The highest BCUT2D eigenvalue weighted by Gasteiger charge is 2.32. The Morgan fingerprint density at radius 2 is 1.84 bits per heavy atom. The molecule has 1 radical (unpaired) electrons. The molecule has 0 fully saturated rings. The maximum atomic E-state index is 2.22. The van der Waals surface area contributed by atoms with E-state index in [-0.39, 0.29) is 12.4 Å². The first-order valence-corrected chi connectivity index (χ1v) is 6.05. The number of hydrogen-bond acceptors (Lipinski definition) is 0. The summed E-state index contributed by atoms with van der Waals surface area (Å²) in [4.78, 5) is 0. The van der Waals surface area contributed by atoms with Gasteiger partial charge in [0.05, 0.1) is 5.57 Å². The Kier molecular flexibility index (Phi) is 2.92. The second kappa shape index (κ2) is 4.59. The predicted molar refractivity (Wildman–Crippen MR) is 81.6 cm³/mol. The largest absolute Gasteiger partial charge is 0.699 e. The van der Waals surface area contributed by atoms with Crippen molar-refractivity contribution in [2.45, 2.75) is 0 Å². The minimum absolute atomic E-state index is 0. The standard InChI is InChI=1S/C15H11BN2.ClH/c1-2-5-12(6-3-1)14-8-10-18-15(14)11-13-7-4-9-17(13)16-18;/h1-11H;1H/q+1;. The highest BCUT2D eigenvalue weighted by Crippen LogP contribution is 2.30. The zero-order valence-electron chi connectivity index (χ0n) is 10.2. The molecule has 0 aliphatic carbocycles. The van der Waals surface area contributed by atoms with Crippen LogP contribution in [0.3, 0.4) is 0 Å². The van der Waals surface area contributed by atoms with Crippen LogP contribution in [-0.4, -0.2) is 22.7 Å². The molecule has 2 aliphatic rings. The second-order valence-electron chi connectivity index (χ2n) is 4.49. The van der Waals surface area contributed by atoms with E-state index in [0.717, 1.165) is 0 Å². The van der Waals surface area contributed by atoms with Crippen LogP contribution in [0.2, 0.25) is 0 Å². The van der Waals surface area contributed by atoms with Gasteiger partial charge in [-0.15, -0.1) is 12.4 Å². The van der Waals surface area contributed by atoms with Crippen molar-refractivity contribution in [1.29, 1.82) is 0 Å². The molecule has 0 N–H and O–H groups in total. The minimum Gasteiger partial charge on any atom is -0.325 e. The summed E-state index contributed by atoms with van der Waals surface area (Å²) in [7, 11) is 2.11. The number of nitrogens with zero attached hydrogens (tertiary/aromatic N) is 2. The summed E-state index contributed by atoms with van der Waals surface area (Å²) >= 11 is 0. The molecule has 0 saturated carbocycles. The lowest BCUT2D eigenvalue weighted by molar-refractivity contribution is -0.304. The van der Waals surface area contributed by atoms with Gasteiger partial charge < -0.3 is 4.48 Å². The van der Waals surface area contributed by atoms with Gasteiger partial charge in [0.15, 0.2) is 5.70 Å². The fraction of sp³-hybridized carbons (Fsp3) is 0. The number of halogens is 1. The van der Waals surface area contributed by atoms with E-state index in [0.29, 0.717) is 0 Å². The van der Waals surface area contributed by atoms with Gasteiger partial charge in [-0.25, -0.2) is 0 Å². The van der Waals surface area contributed by atoms with Crippen LogP contribution in [-0.2, 0) is 0 Å². The summed E-state index contributed by atoms with van der Waals surface area (Å²) in [6.45, 7) is 0. The van der Waals surface area contributed by atoms with Crippen LogP contribution in [0.1, 0.15) is 11.3 Å². The molecule has 0 amide bonds. The van der Waals surface area contributed by atoms with Gasteiger partial charge in [0, 0.05) is 17.8 Å². The summed E-state index contributed by atoms with van der Waals surface area (Å²) < 4.78 is 4.29.